The van der Waals surface area contributed by atoms with Crippen molar-refractivity contribution in [3.8, 4) is 0 Å². The van der Waals surface area contributed by atoms with Crippen LogP contribution in [0.25, 0.3) is 0 Å². The Hall–Kier alpha value is -0.830. The Bertz CT molecular complexity index is 252. The van der Waals surface area contributed by atoms with Gasteiger partial charge in [0.05, 0.1) is 6.20 Å². The van der Waals surface area contributed by atoms with E-state index in [4.69, 9.17) is 0 Å². The van der Waals surface area contributed by atoms with Crippen LogP contribution in [0, 0.1) is 5.92 Å². The summed E-state index contributed by atoms with van der Waals surface area (Å²) in [6.45, 7) is 7.57. The molecule has 3 nitrogen and oxygen atoms in total. The fourth-order valence-corrected chi connectivity index (χ4v) is 1.56. The smallest absolute Gasteiger partial charge is 0.0537 e. The predicted molar refractivity (Wildman–Crippen MR) is 54.5 cm³/mol. The summed E-state index contributed by atoms with van der Waals surface area (Å²) in [5.74, 6) is 0.601. The lowest BCUT2D eigenvalue weighted by molar-refractivity contribution is 0.421. The molecule has 0 aromatic carbocycles. The summed E-state index contributed by atoms with van der Waals surface area (Å²) in [4.78, 5) is 0. The zero-order chi connectivity index (χ0) is 9.84. The fraction of sp³-hybridized carbons (Fsp3) is 0.700. The highest BCUT2D eigenvalue weighted by atomic mass is 15.2. The van der Waals surface area contributed by atoms with Crippen LogP contribution in [0.4, 0.5) is 0 Å². The van der Waals surface area contributed by atoms with E-state index in [1.165, 1.54) is 5.56 Å². The Balaban J connectivity index is 2.75. The summed E-state index contributed by atoms with van der Waals surface area (Å²) in [6, 6.07) is 0.429. The maximum atomic E-state index is 4.18. The monoisotopic (exact) mass is 181 g/mol. The SMILES string of the molecule is CCNC(c1cnn(C)c1)C(C)C. The number of aryl methyl sites for hydroxylation is 1. The first-order valence-corrected chi connectivity index (χ1v) is 4.87. The first-order chi connectivity index (χ1) is 6.15. The molecule has 0 bridgehead atoms. The molecule has 0 aliphatic carbocycles. The van der Waals surface area contributed by atoms with Crippen LogP contribution in [0.1, 0.15) is 32.4 Å². The zero-order valence-corrected chi connectivity index (χ0v) is 8.91. The normalized spacial score (nSPS) is 13.6. The lowest BCUT2D eigenvalue weighted by Gasteiger charge is -2.19. The van der Waals surface area contributed by atoms with Crippen molar-refractivity contribution in [3.05, 3.63) is 18.0 Å². The second-order valence-electron chi connectivity index (χ2n) is 3.73. The first kappa shape index (κ1) is 10.3. The number of nitrogens with one attached hydrogen (secondary N) is 1. The van der Waals surface area contributed by atoms with Crippen LogP contribution in [0.5, 0.6) is 0 Å². The quantitative estimate of drug-likeness (QED) is 0.766. The predicted octanol–water partition coefficient (Wildman–Crippen LogP) is 1.73. The van der Waals surface area contributed by atoms with Crippen LogP contribution in [-0.4, -0.2) is 16.3 Å². The van der Waals surface area contributed by atoms with E-state index >= 15 is 0 Å². The van der Waals surface area contributed by atoms with Crippen LogP contribution in [-0.2, 0) is 7.05 Å². The average Bonchev–Trinajstić information content (AvgIpc) is 2.46. The second-order valence-corrected chi connectivity index (χ2v) is 3.73. The van der Waals surface area contributed by atoms with Gasteiger partial charge in [0, 0.05) is 24.8 Å². The van der Waals surface area contributed by atoms with Gasteiger partial charge in [0.25, 0.3) is 0 Å². The maximum Gasteiger partial charge on any atom is 0.0537 e. The van der Waals surface area contributed by atoms with E-state index in [0.717, 1.165) is 6.54 Å². The minimum atomic E-state index is 0.429. The minimum absolute atomic E-state index is 0.429. The standard InChI is InChI=1S/C10H19N3/c1-5-11-10(8(2)3)9-6-12-13(4)7-9/h6-8,10-11H,5H2,1-4H3. The third-order valence-corrected chi connectivity index (χ3v) is 2.17. The molecule has 1 rings (SSSR count). The third-order valence-electron chi connectivity index (χ3n) is 2.17. The highest BCUT2D eigenvalue weighted by Gasteiger charge is 2.15. The fourth-order valence-electron chi connectivity index (χ4n) is 1.56. The average molecular weight is 181 g/mol. The number of rotatable bonds is 4. The van der Waals surface area contributed by atoms with Crippen LogP contribution in [0.15, 0.2) is 12.4 Å². The lowest BCUT2D eigenvalue weighted by Crippen LogP contribution is -2.24. The van der Waals surface area contributed by atoms with Crippen LogP contribution < -0.4 is 5.32 Å². The van der Waals surface area contributed by atoms with Gasteiger partial charge in [-0.05, 0) is 12.5 Å². The molecule has 1 atom stereocenters. The van der Waals surface area contributed by atoms with E-state index in [9.17, 15) is 0 Å². The Morgan fingerprint density at radius 2 is 2.23 bits per heavy atom. The summed E-state index contributed by atoms with van der Waals surface area (Å²) in [5, 5.41) is 7.64. The molecule has 0 aliphatic rings. The summed E-state index contributed by atoms with van der Waals surface area (Å²) in [7, 11) is 1.95. The van der Waals surface area contributed by atoms with Crippen molar-refractivity contribution in [2.45, 2.75) is 26.8 Å². The van der Waals surface area contributed by atoms with Gasteiger partial charge in [-0.2, -0.15) is 5.10 Å². The molecular formula is C10H19N3. The minimum Gasteiger partial charge on any atom is -0.310 e. The van der Waals surface area contributed by atoms with Gasteiger partial charge in [-0.3, -0.25) is 4.68 Å². The zero-order valence-electron chi connectivity index (χ0n) is 8.91. The summed E-state index contributed by atoms with van der Waals surface area (Å²) in [6.07, 6.45) is 4.01. The molecule has 3 heteroatoms. The van der Waals surface area contributed by atoms with E-state index in [2.05, 4.69) is 37.4 Å². The van der Waals surface area contributed by atoms with Gasteiger partial charge in [-0.1, -0.05) is 20.8 Å². The molecule has 1 unspecified atom stereocenters. The van der Waals surface area contributed by atoms with Crippen molar-refractivity contribution < 1.29 is 0 Å². The van der Waals surface area contributed by atoms with Crippen LogP contribution >= 0.6 is 0 Å². The molecule has 0 fully saturated rings. The van der Waals surface area contributed by atoms with Crippen molar-refractivity contribution in [2.75, 3.05) is 6.54 Å². The van der Waals surface area contributed by atoms with Gasteiger partial charge in [-0.25, -0.2) is 0 Å². The Morgan fingerprint density at radius 3 is 2.62 bits per heavy atom. The van der Waals surface area contributed by atoms with E-state index < -0.39 is 0 Å². The topological polar surface area (TPSA) is 29.9 Å². The van der Waals surface area contributed by atoms with Gasteiger partial charge < -0.3 is 5.32 Å². The summed E-state index contributed by atoms with van der Waals surface area (Å²) >= 11 is 0. The van der Waals surface area contributed by atoms with Crippen molar-refractivity contribution in [1.82, 2.24) is 15.1 Å². The van der Waals surface area contributed by atoms with Crippen molar-refractivity contribution in [3.63, 3.8) is 0 Å². The molecule has 0 saturated heterocycles. The van der Waals surface area contributed by atoms with Gasteiger partial charge in [-0.15, -0.1) is 0 Å². The molecule has 1 aromatic rings. The molecule has 13 heavy (non-hydrogen) atoms. The Labute approximate surface area is 80.1 Å². The molecule has 0 aliphatic heterocycles. The Kier molecular flexibility index (Phi) is 3.48. The second kappa shape index (κ2) is 4.42. The molecule has 1 heterocycles. The van der Waals surface area contributed by atoms with Gasteiger partial charge >= 0.3 is 0 Å². The number of nitrogens with zero attached hydrogens (tertiary/aromatic N) is 2. The molecule has 0 amide bonds. The van der Waals surface area contributed by atoms with Gasteiger partial charge in [0.15, 0.2) is 0 Å². The van der Waals surface area contributed by atoms with Crippen molar-refractivity contribution >= 4 is 0 Å². The van der Waals surface area contributed by atoms with Crippen molar-refractivity contribution in [1.29, 1.82) is 0 Å². The molecule has 0 saturated carbocycles. The number of aromatic nitrogens is 2. The van der Waals surface area contributed by atoms with E-state index in [1.807, 2.05) is 17.9 Å². The summed E-state index contributed by atoms with van der Waals surface area (Å²) < 4.78 is 1.85. The highest BCUT2D eigenvalue weighted by Crippen LogP contribution is 2.20. The van der Waals surface area contributed by atoms with Gasteiger partial charge in [0.1, 0.15) is 0 Å². The first-order valence-electron chi connectivity index (χ1n) is 4.87. The van der Waals surface area contributed by atoms with Crippen LogP contribution in [0.2, 0.25) is 0 Å². The van der Waals surface area contributed by atoms with E-state index in [0.29, 0.717) is 12.0 Å². The van der Waals surface area contributed by atoms with Crippen LogP contribution in [0.3, 0.4) is 0 Å². The molecule has 1 N–H and O–H groups in total. The number of hydrogen-bond donors (Lipinski definition) is 1. The van der Waals surface area contributed by atoms with E-state index in [1.54, 1.807) is 0 Å². The molecular weight excluding hydrogens is 162 g/mol. The van der Waals surface area contributed by atoms with E-state index in [-0.39, 0.29) is 0 Å². The highest BCUT2D eigenvalue weighted by molar-refractivity contribution is 5.10. The Morgan fingerprint density at radius 1 is 1.54 bits per heavy atom. The maximum absolute atomic E-state index is 4.18. The van der Waals surface area contributed by atoms with Crippen molar-refractivity contribution in [2.24, 2.45) is 13.0 Å². The molecule has 0 spiro atoms. The van der Waals surface area contributed by atoms with Gasteiger partial charge in [0.2, 0.25) is 0 Å². The molecule has 0 radical (unpaired) electrons. The molecule has 74 valence electrons. The third kappa shape index (κ3) is 2.56. The molecule has 1 aromatic heterocycles. The lowest BCUT2D eigenvalue weighted by atomic mass is 9.99. The number of hydrogen-bond acceptors (Lipinski definition) is 2. The summed E-state index contributed by atoms with van der Waals surface area (Å²) in [5.41, 5.74) is 1.28. The largest absolute Gasteiger partial charge is 0.310 e.